The van der Waals surface area contributed by atoms with E-state index in [0.29, 0.717) is 29.2 Å². The van der Waals surface area contributed by atoms with E-state index in [1.165, 1.54) is 12.3 Å². The second-order valence-electron chi connectivity index (χ2n) is 7.28. The highest BCUT2D eigenvalue weighted by Crippen LogP contribution is 2.31. The van der Waals surface area contributed by atoms with E-state index >= 15 is 0 Å². The summed E-state index contributed by atoms with van der Waals surface area (Å²) in [6, 6.07) is 18.6. The number of carbonyl (C=O) groups excluding carboxylic acids is 1. The summed E-state index contributed by atoms with van der Waals surface area (Å²) in [6.07, 6.45) is -3.24. The number of hydrogen-bond donors (Lipinski definition) is 1. The predicted molar refractivity (Wildman–Crippen MR) is 120 cm³/mol. The molecular formula is C25H19F3N2O3. The van der Waals surface area contributed by atoms with Crippen LogP contribution < -0.4 is 15.5 Å². The number of fused-ring (bicyclic) bond motifs is 1. The lowest BCUT2D eigenvalue weighted by molar-refractivity contribution is -0.137. The molecule has 0 spiro atoms. The van der Waals surface area contributed by atoms with Crippen molar-refractivity contribution in [2.45, 2.75) is 19.6 Å². The first-order valence-electron chi connectivity index (χ1n) is 10.1. The summed E-state index contributed by atoms with van der Waals surface area (Å²) in [5, 5.41) is 2.46. The topological polar surface area (TPSA) is 60.3 Å². The molecule has 4 rings (SSSR count). The Morgan fingerprint density at radius 1 is 0.970 bits per heavy atom. The average molecular weight is 452 g/mol. The molecule has 3 aromatic carbocycles. The number of hydrogen-bond acceptors (Lipinski definition) is 3. The first-order valence-corrected chi connectivity index (χ1v) is 10.1. The second kappa shape index (κ2) is 8.82. The third kappa shape index (κ3) is 4.74. The smallest absolute Gasteiger partial charge is 0.416 e. The lowest BCUT2D eigenvalue weighted by Gasteiger charge is -2.14. The van der Waals surface area contributed by atoms with Crippen LogP contribution in [0.15, 0.2) is 83.8 Å². The van der Waals surface area contributed by atoms with Crippen molar-refractivity contribution in [2.24, 2.45) is 0 Å². The zero-order valence-electron chi connectivity index (χ0n) is 17.5. The van der Waals surface area contributed by atoms with Gasteiger partial charge in [-0.2, -0.15) is 13.2 Å². The average Bonchev–Trinajstić information content (AvgIpc) is 2.80. The molecule has 1 aromatic heterocycles. The number of anilines is 1. The van der Waals surface area contributed by atoms with Gasteiger partial charge in [0.15, 0.2) is 0 Å². The summed E-state index contributed by atoms with van der Waals surface area (Å²) in [5.41, 5.74) is -1.21. The third-order valence-corrected chi connectivity index (χ3v) is 5.08. The summed E-state index contributed by atoms with van der Waals surface area (Å²) in [7, 11) is 0. The Morgan fingerprint density at radius 3 is 2.27 bits per heavy atom. The van der Waals surface area contributed by atoms with Gasteiger partial charge < -0.3 is 14.6 Å². The monoisotopic (exact) mass is 452 g/mol. The molecular weight excluding hydrogens is 433 g/mol. The summed E-state index contributed by atoms with van der Waals surface area (Å²) in [6.45, 7) is 2.14. The van der Waals surface area contributed by atoms with E-state index < -0.39 is 23.1 Å². The summed E-state index contributed by atoms with van der Waals surface area (Å²) < 4.78 is 46.7. The van der Waals surface area contributed by atoms with Crippen LogP contribution in [0.5, 0.6) is 11.5 Å². The van der Waals surface area contributed by atoms with Crippen LogP contribution in [-0.4, -0.2) is 10.5 Å². The SMILES string of the molecule is CCn1cc(C(=O)Nc2ccc(Oc3ccccc3)cc2)c(=O)c2cc(C(F)(F)F)ccc21. The fourth-order valence-corrected chi connectivity index (χ4v) is 3.43. The number of nitrogens with one attached hydrogen (secondary N) is 1. The normalized spacial score (nSPS) is 11.4. The molecule has 5 nitrogen and oxygen atoms in total. The highest BCUT2D eigenvalue weighted by molar-refractivity contribution is 6.05. The quantitative estimate of drug-likeness (QED) is 0.399. The molecule has 1 N–H and O–H groups in total. The second-order valence-corrected chi connectivity index (χ2v) is 7.28. The number of para-hydroxylation sites is 1. The molecule has 0 aliphatic rings. The highest BCUT2D eigenvalue weighted by atomic mass is 19.4. The maximum Gasteiger partial charge on any atom is 0.416 e. The van der Waals surface area contributed by atoms with Gasteiger partial charge in [0.1, 0.15) is 17.1 Å². The van der Waals surface area contributed by atoms with Crippen LogP contribution >= 0.6 is 0 Å². The van der Waals surface area contributed by atoms with Crippen molar-refractivity contribution in [3.8, 4) is 11.5 Å². The number of halogens is 3. The van der Waals surface area contributed by atoms with Crippen LogP contribution in [0.25, 0.3) is 10.9 Å². The van der Waals surface area contributed by atoms with Crippen molar-refractivity contribution in [3.63, 3.8) is 0 Å². The van der Waals surface area contributed by atoms with Gasteiger partial charge in [-0.15, -0.1) is 0 Å². The van der Waals surface area contributed by atoms with Crippen molar-refractivity contribution >= 4 is 22.5 Å². The van der Waals surface area contributed by atoms with Gasteiger partial charge >= 0.3 is 6.18 Å². The maximum atomic E-state index is 13.1. The van der Waals surface area contributed by atoms with Gasteiger partial charge in [-0.1, -0.05) is 18.2 Å². The lowest BCUT2D eigenvalue weighted by Crippen LogP contribution is -2.24. The molecule has 0 aliphatic carbocycles. The molecule has 1 amide bonds. The number of rotatable bonds is 5. The fourth-order valence-electron chi connectivity index (χ4n) is 3.43. The number of alkyl halides is 3. The maximum absolute atomic E-state index is 13.1. The van der Waals surface area contributed by atoms with Gasteiger partial charge in [0.05, 0.1) is 11.1 Å². The minimum Gasteiger partial charge on any atom is -0.457 e. The van der Waals surface area contributed by atoms with Crippen molar-refractivity contribution in [1.29, 1.82) is 0 Å². The zero-order valence-corrected chi connectivity index (χ0v) is 17.5. The van der Waals surface area contributed by atoms with Crippen molar-refractivity contribution in [3.05, 3.63) is 100 Å². The Labute approximate surface area is 187 Å². The zero-order chi connectivity index (χ0) is 23.6. The lowest BCUT2D eigenvalue weighted by atomic mass is 10.1. The molecule has 0 atom stereocenters. The number of aryl methyl sites for hydroxylation is 1. The van der Waals surface area contributed by atoms with Crippen LogP contribution in [0.3, 0.4) is 0 Å². The van der Waals surface area contributed by atoms with E-state index in [1.807, 2.05) is 18.2 Å². The van der Waals surface area contributed by atoms with E-state index in [1.54, 1.807) is 47.9 Å². The standard InChI is InChI=1S/C25H19F3N2O3/c1-2-30-15-21(23(31)20-14-16(25(26,27)28)8-13-22(20)30)24(32)29-17-9-11-19(12-10-17)33-18-6-4-3-5-7-18/h3-15H,2H2,1H3,(H,29,32). The molecule has 33 heavy (non-hydrogen) atoms. The van der Waals surface area contributed by atoms with Crippen molar-refractivity contribution in [2.75, 3.05) is 5.32 Å². The molecule has 8 heteroatoms. The molecule has 0 fully saturated rings. The van der Waals surface area contributed by atoms with Gasteiger partial charge in [0.25, 0.3) is 5.91 Å². The van der Waals surface area contributed by atoms with Crippen molar-refractivity contribution in [1.82, 2.24) is 4.57 Å². The highest BCUT2D eigenvalue weighted by Gasteiger charge is 2.31. The first kappa shape index (κ1) is 22.1. The number of carbonyl (C=O) groups is 1. The van der Waals surface area contributed by atoms with Gasteiger partial charge in [-0.05, 0) is 61.5 Å². The Hall–Kier alpha value is -4.07. The summed E-state index contributed by atoms with van der Waals surface area (Å²) >= 11 is 0. The number of ether oxygens (including phenoxy) is 1. The summed E-state index contributed by atoms with van der Waals surface area (Å²) in [4.78, 5) is 25.7. The van der Waals surface area contributed by atoms with E-state index in [-0.39, 0.29) is 10.9 Å². The number of aromatic nitrogens is 1. The van der Waals surface area contributed by atoms with Crippen LogP contribution in [0, 0.1) is 0 Å². The third-order valence-electron chi connectivity index (χ3n) is 5.08. The Balaban J connectivity index is 1.62. The molecule has 0 saturated heterocycles. The van der Waals surface area contributed by atoms with E-state index in [2.05, 4.69) is 5.32 Å². The Morgan fingerprint density at radius 2 is 1.64 bits per heavy atom. The van der Waals surface area contributed by atoms with Gasteiger partial charge in [0.2, 0.25) is 5.43 Å². The molecule has 0 radical (unpaired) electrons. The van der Waals surface area contributed by atoms with Gasteiger partial charge in [-0.3, -0.25) is 9.59 Å². The van der Waals surface area contributed by atoms with Gasteiger partial charge in [-0.25, -0.2) is 0 Å². The number of nitrogens with zero attached hydrogens (tertiary/aromatic N) is 1. The molecule has 0 saturated carbocycles. The molecule has 0 bridgehead atoms. The largest absolute Gasteiger partial charge is 0.457 e. The van der Waals surface area contributed by atoms with E-state index in [4.69, 9.17) is 4.74 Å². The number of pyridine rings is 1. The van der Waals surface area contributed by atoms with Crippen LogP contribution in [0.2, 0.25) is 0 Å². The summed E-state index contributed by atoms with van der Waals surface area (Å²) in [5.74, 6) is 0.500. The number of benzene rings is 3. The van der Waals surface area contributed by atoms with Crippen LogP contribution in [0.1, 0.15) is 22.8 Å². The minimum absolute atomic E-state index is 0.161. The van der Waals surface area contributed by atoms with Crippen LogP contribution in [-0.2, 0) is 12.7 Å². The molecule has 4 aromatic rings. The molecule has 1 heterocycles. The Bertz CT molecular complexity index is 1360. The van der Waals surface area contributed by atoms with Crippen LogP contribution in [0.4, 0.5) is 18.9 Å². The minimum atomic E-state index is -4.60. The predicted octanol–water partition coefficient (Wildman–Crippen LogP) is 6.08. The molecule has 168 valence electrons. The van der Waals surface area contributed by atoms with Crippen molar-refractivity contribution < 1.29 is 22.7 Å². The molecule has 0 unspecified atom stereocenters. The van der Waals surface area contributed by atoms with E-state index in [0.717, 1.165) is 12.1 Å². The Kier molecular flexibility index (Phi) is 5.91. The van der Waals surface area contributed by atoms with E-state index in [9.17, 15) is 22.8 Å². The van der Waals surface area contributed by atoms with Gasteiger partial charge in [0, 0.05) is 23.8 Å². The first-order chi connectivity index (χ1) is 15.8. The fraction of sp³-hybridized carbons (Fsp3) is 0.120. The number of amides is 1. The molecule has 0 aliphatic heterocycles.